The van der Waals surface area contributed by atoms with E-state index in [0.29, 0.717) is 5.56 Å². The summed E-state index contributed by atoms with van der Waals surface area (Å²) < 4.78 is 2.21. The van der Waals surface area contributed by atoms with Gasteiger partial charge in [0.2, 0.25) is 0 Å². The molecular weight excluding hydrogens is 252 g/mol. The molecule has 0 saturated heterocycles. The Kier molecular flexibility index (Phi) is 3.10. The van der Waals surface area contributed by atoms with Gasteiger partial charge in [0.15, 0.2) is 0 Å². The monoisotopic (exact) mass is 266 g/mol. The van der Waals surface area contributed by atoms with Crippen LogP contribution in [-0.2, 0) is 13.0 Å². The molecule has 2 nitrogen and oxygen atoms in total. The smallest absolute Gasteiger partial charge is 0.0992 e. The maximum atomic E-state index is 8.99. The second-order valence-corrected chi connectivity index (χ2v) is 5.80. The molecule has 0 aliphatic rings. The number of nitriles is 1. The van der Waals surface area contributed by atoms with Crippen LogP contribution in [0.25, 0.3) is 10.9 Å². The molecule has 0 radical (unpaired) electrons. The van der Waals surface area contributed by atoms with Crippen molar-refractivity contribution in [3.63, 3.8) is 0 Å². The van der Waals surface area contributed by atoms with E-state index in [1.165, 1.54) is 15.1 Å². The molecule has 0 saturated carbocycles. The first kappa shape index (κ1) is 12.0. The maximum absolute atomic E-state index is 8.99. The van der Waals surface area contributed by atoms with Gasteiger partial charge in [-0.15, -0.1) is 11.3 Å². The van der Waals surface area contributed by atoms with Gasteiger partial charge < -0.3 is 4.57 Å². The van der Waals surface area contributed by atoms with E-state index in [1.807, 2.05) is 29.5 Å². The summed E-state index contributed by atoms with van der Waals surface area (Å²) >= 11 is 1.86. The van der Waals surface area contributed by atoms with Gasteiger partial charge in [-0.05, 0) is 42.1 Å². The van der Waals surface area contributed by atoms with Crippen LogP contribution in [0, 0.1) is 11.3 Å². The van der Waals surface area contributed by atoms with Crippen LogP contribution in [0.1, 0.15) is 22.2 Å². The van der Waals surface area contributed by atoms with Crippen molar-refractivity contribution in [3.8, 4) is 6.07 Å². The molecule has 0 aliphatic heterocycles. The highest BCUT2D eigenvalue weighted by Gasteiger charge is 2.05. The van der Waals surface area contributed by atoms with E-state index >= 15 is 0 Å². The molecule has 0 amide bonds. The van der Waals surface area contributed by atoms with Crippen molar-refractivity contribution in [2.75, 3.05) is 0 Å². The van der Waals surface area contributed by atoms with Gasteiger partial charge in [0.1, 0.15) is 0 Å². The minimum atomic E-state index is 0.716. The summed E-state index contributed by atoms with van der Waals surface area (Å²) in [7, 11) is 0. The number of nitrogens with zero attached hydrogens (tertiary/aromatic N) is 2. The van der Waals surface area contributed by atoms with Gasteiger partial charge in [0.25, 0.3) is 0 Å². The molecule has 19 heavy (non-hydrogen) atoms. The predicted molar refractivity (Wildman–Crippen MR) is 79.5 cm³/mol. The number of thiophene rings is 1. The summed E-state index contributed by atoms with van der Waals surface area (Å²) in [6, 6.07) is 14.5. The van der Waals surface area contributed by atoms with Gasteiger partial charge in [0, 0.05) is 21.5 Å². The highest BCUT2D eigenvalue weighted by molar-refractivity contribution is 7.11. The first-order valence-corrected chi connectivity index (χ1v) is 7.18. The van der Waals surface area contributed by atoms with Gasteiger partial charge in [0.05, 0.1) is 18.2 Å². The average Bonchev–Trinajstić information content (AvgIpc) is 3.06. The topological polar surface area (TPSA) is 28.7 Å². The summed E-state index contributed by atoms with van der Waals surface area (Å²) in [6.07, 6.45) is 3.19. The SMILES string of the molecule is CCc1ccc(Cn2ccc3ccc(C#N)cc32)s1. The van der Waals surface area contributed by atoms with Crippen molar-refractivity contribution in [2.24, 2.45) is 0 Å². The zero-order valence-electron chi connectivity index (χ0n) is 10.8. The van der Waals surface area contributed by atoms with E-state index in [9.17, 15) is 0 Å². The minimum absolute atomic E-state index is 0.716. The summed E-state index contributed by atoms with van der Waals surface area (Å²) in [4.78, 5) is 2.78. The number of hydrogen-bond donors (Lipinski definition) is 0. The van der Waals surface area contributed by atoms with E-state index in [4.69, 9.17) is 5.26 Å². The van der Waals surface area contributed by atoms with Gasteiger partial charge in [-0.2, -0.15) is 5.26 Å². The molecule has 0 N–H and O–H groups in total. The summed E-state index contributed by atoms with van der Waals surface area (Å²) in [6.45, 7) is 3.06. The molecule has 0 aliphatic carbocycles. The fourth-order valence-corrected chi connectivity index (χ4v) is 3.21. The van der Waals surface area contributed by atoms with E-state index in [2.05, 4.69) is 42.0 Å². The van der Waals surface area contributed by atoms with Crippen LogP contribution in [0.4, 0.5) is 0 Å². The van der Waals surface area contributed by atoms with Gasteiger partial charge >= 0.3 is 0 Å². The fourth-order valence-electron chi connectivity index (χ4n) is 2.26. The zero-order valence-corrected chi connectivity index (χ0v) is 11.6. The van der Waals surface area contributed by atoms with Crippen LogP contribution < -0.4 is 0 Å². The molecule has 2 heterocycles. The summed E-state index contributed by atoms with van der Waals surface area (Å²) in [5.74, 6) is 0. The Morgan fingerprint density at radius 1 is 1.16 bits per heavy atom. The molecule has 3 aromatic rings. The van der Waals surface area contributed by atoms with Crippen molar-refractivity contribution in [1.29, 1.82) is 5.26 Å². The lowest BCUT2D eigenvalue weighted by atomic mass is 10.2. The van der Waals surface area contributed by atoms with Gasteiger partial charge in [-0.25, -0.2) is 0 Å². The Hall–Kier alpha value is -2.05. The lowest BCUT2D eigenvalue weighted by Crippen LogP contribution is -1.95. The second kappa shape index (κ2) is 4.91. The molecule has 0 unspecified atom stereocenters. The quantitative estimate of drug-likeness (QED) is 0.699. The van der Waals surface area contributed by atoms with E-state index in [1.54, 1.807) is 0 Å². The van der Waals surface area contributed by atoms with E-state index in [-0.39, 0.29) is 0 Å². The number of aryl methyl sites for hydroxylation is 1. The lowest BCUT2D eigenvalue weighted by molar-refractivity contribution is 0.851. The number of aromatic nitrogens is 1. The second-order valence-electron chi connectivity index (χ2n) is 4.55. The Morgan fingerprint density at radius 3 is 2.74 bits per heavy atom. The van der Waals surface area contributed by atoms with Crippen LogP contribution in [0.15, 0.2) is 42.6 Å². The van der Waals surface area contributed by atoms with E-state index < -0.39 is 0 Å². The molecule has 0 spiro atoms. The molecule has 0 fully saturated rings. The number of benzene rings is 1. The van der Waals surface area contributed by atoms with Crippen LogP contribution in [-0.4, -0.2) is 4.57 Å². The van der Waals surface area contributed by atoms with E-state index in [0.717, 1.165) is 18.5 Å². The van der Waals surface area contributed by atoms with Crippen molar-refractivity contribution in [3.05, 3.63) is 57.9 Å². The summed E-state index contributed by atoms with van der Waals surface area (Å²) in [5.41, 5.74) is 1.85. The highest BCUT2D eigenvalue weighted by Crippen LogP contribution is 2.22. The third-order valence-corrected chi connectivity index (χ3v) is 4.51. The predicted octanol–water partition coefficient (Wildman–Crippen LogP) is 4.19. The van der Waals surface area contributed by atoms with Crippen molar-refractivity contribution in [2.45, 2.75) is 19.9 Å². The third kappa shape index (κ3) is 2.27. The Labute approximate surface area is 116 Å². The normalized spacial score (nSPS) is 10.7. The highest BCUT2D eigenvalue weighted by atomic mass is 32.1. The lowest BCUT2D eigenvalue weighted by Gasteiger charge is -2.03. The standard InChI is InChI=1S/C16H14N2S/c1-2-14-5-6-15(19-14)11-18-8-7-13-4-3-12(10-17)9-16(13)18/h3-9H,2,11H2,1H3. The first-order chi connectivity index (χ1) is 9.30. The molecular formula is C16H14N2S. The van der Waals surface area contributed by atoms with Crippen LogP contribution in [0.3, 0.4) is 0 Å². The van der Waals surface area contributed by atoms with Crippen LogP contribution >= 0.6 is 11.3 Å². The molecule has 94 valence electrons. The van der Waals surface area contributed by atoms with Crippen molar-refractivity contribution >= 4 is 22.2 Å². The number of hydrogen-bond acceptors (Lipinski definition) is 2. The van der Waals surface area contributed by atoms with Gasteiger partial charge in [-0.3, -0.25) is 0 Å². The van der Waals surface area contributed by atoms with Gasteiger partial charge in [-0.1, -0.05) is 13.0 Å². The molecule has 3 heteroatoms. The van der Waals surface area contributed by atoms with Crippen LogP contribution in [0.2, 0.25) is 0 Å². The molecule has 1 aromatic carbocycles. The molecule has 3 rings (SSSR count). The maximum Gasteiger partial charge on any atom is 0.0992 e. The van der Waals surface area contributed by atoms with Crippen molar-refractivity contribution < 1.29 is 0 Å². The zero-order chi connectivity index (χ0) is 13.2. The Bertz CT molecular complexity index is 758. The fraction of sp³-hybridized carbons (Fsp3) is 0.188. The van der Waals surface area contributed by atoms with Crippen molar-refractivity contribution in [1.82, 2.24) is 4.57 Å². The minimum Gasteiger partial charge on any atom is -0.342 e. The molecule has 0 bridgehead atoms. The Morgan fingerprint density at radius 2 is 2.00 bits per heavy atom. The number of fused-ring (bicyclic) bond motifs is 1. The Balaban J connectivity index is 1.98. The first-order valence-electron chi connectivity index (χ1n) is 6.36. The number of rotatable bonds is 3. The molecule has 0 atom stereocenters. The summed E-state index contributed by atoms with van der Waals surface area (Å²) in [5, 5.41) is 10.2. The van der Waals surface area contributed by atoms with Crippen LogP contribution in [0.5, 0.6) is 0 Å². The largest absolute Gasteiger partial charge is 0.342 e. The third-order valence-electron chi connectivity index (χ3n) is 3.29. The average molecular weight is 266 g/mol. The molecule has 2 aromatic heterocycles.